The highest BCUT2D eigenvalue weighted by Crippen LogP contribution is 2.21. The number of hydrogen-bond donors (Lipinski definition) is 1. The predicted octanol–water partition coefficient (Wildman–Crippen LogP) is 5.11. The Morgan fingerprint density at radius 2 is 1.50 bits per heavy atom. The lowest BCUT2D eigenvalue weighted by atomic mass is 10.1. The number of hydrogen-bond acceptors (Lipinski definition) is 2. The van der Waals surface area contributed by atoms with Gasteiger partial charge >= 0.3 is 5.97 Å². The van der Waals surface area contributed by atoms with Crippen LogP contribution in [-0.4, -0.2) is 11.1 Å². The first kappa shape index (κ1) is 16.8. The molecule has 3 heteroatoms. The second-order valence-electron chi connectivity index (χ2n) is 5.66. The van der Waals surface area contributed by atoms with Crippen LogP contribution in [0.2, 0.25) is 0 Å². The molecular formula is C19H24O2S. The van der Waals surface area contributed by atoms with Crippen molar-refractivity contribution in [2.45, 2.75) is 51.4 Å². The number of carboxylic acids is 1. The third-order valence-corrected chi connectivity index (χ3v) is 4.99. The Bertz CT molecular complexity index is 560. The molecule has 0 saturated heterocycles. The van der Waals surface area contributed by atoms with Crippen molar-refractivity contribution < 1.29 is 9.90 Å². The Labute approximate surface area is 136 Å². The first-order valence-corrected chi connectivity index (χ1v) is 8.89. The molecule has 2 rings (SSSR count). The SMILES string of the molecule is O=C(O)CCCCCCc1ccc(CCc2ccccc2)s1. The first-order valence-electron chi connectivity index (χ1n) is 8.07. The normalized spacial score (nSPS) is 10.7. The van der Waals surface area contributed by atoms with Crippen LogP contribution in [-0.2, 0) is 24.1 Å². The molecule has 0 unspecified atom stereocenters. The van der Waals surface area contributed by atoms with E-state index in [1.54, 1.807) is 0 Å². The van der Waals surface area contributed by atoms with Crippen LogP contribution in [0.3, 0.4) is 0 Å². The fourth-order valence-electron chi connectivity index (χ4n) is 2.53. The van der Waals surface area contributed by atoms with Crippen molar-refractivity contribution >= 4 is 17.3 Å². The lowest BCUT2D eigenvalue weighted by Gasteiger charge is -2.00. The lowest BCUT2D eigenvalue weighted by molar-refractivity contribution is -0.137. The predicted molar refractivity (Wildman–Crippen MR) is 92.6 cm³/mol. The Morgan fingerprint density at radius 3 is 2.23 bits per heavy atom. The lowest BCUT2D eigenvalue weighted by Crippen LogP contribution is -1.93. The average Bonchev–Trinajstić information content (AvgIpc) is 2.97. The molecule has 118 valence electrons. The minimum Gasteiger partial charge on any atom is -0.481 e. The first-order chi connectivity index (χ1) is 10.7. The van der Waals surface area contributed by atoms with Crippen molar-refractivity contribution in [1.82, 2.24) is 0 Å². The Kier molecular flexibility index (Phi) is 7.17. The summed E-state index contributed by atoms with van der Waals surface area (Å²) in [6, 6.07) is 15.1. The summed E-state index contributed by atoms with van der Waals surface area (Å²) in [5.41, 5.74) is 1.40. The molecule has 1 heterocycles. The van der Waals surface area contributed by atoms with Crippen LogP contribution in [0.15, 0.2) is 42.5 Å². The minimum atomic E-state index is -0.679. The van der Waals surface area contributed by atoms with Gasteiger partial charge in [0.2, 0.25) is 0 Å². The van der Waals surface area contributed by atoms with E-state index in [0.717, 1.165) is 44.9 Å². The summed E-state index contributed by atoms with van der Waals surface area (Å²) in [6.45, 7) is 0. The van der Waals surface area contributed by atoms with E-state index >= 15 is 0 Å². The largest absolute Gasteiger partial charge is 0.481 e. The van der Waals surface area contributed by atoms with Crippen molar-refractivity contribution in [2.75, 3.05) is 0 Å². The van der Waals surface area contributed by atoms with Crippen molar-refractivity contribution in [3.8, 4) is 0 Å². The van der Waals surface area contributed by atoms with Crippen molar-refractivity contribution in [3.63, 3.8) is 0 Å². The highest BCUT2D eigenvalue weighted by molar-refractivity contribution is 7.11. The summed E-state index contributed by atoms with van der Waals surface area (Å²) in [5, 5.41) is 8.59. The van der Waals surface area contributed by atoms with Gasteiger partial charge in [-0.3, -0.25) is 4.79 Å². The number of benzene rings is 1. The maximum atomic E-state index is 10.4. The van der Waals surface area contributed by atoms with Gasteiger partial charge in [-0.15, -0.1) is 11.3 Å². The zero-order chi connectivity index (χ0) is 15.6. The van der Waals surface area contributed by atoms with E-state index in [1.165, 1.54) is 15.3 Å². The number of aryl methyl sites for hydroxylation is 3. The van der Waals surface area contributed by atoms with Crippen molar-refractivity contribution in [1.29, 1.82) is 0 Å². The highest BCUT2D eigenvalue weighted by atomic mass is 32.1. The van der Waals surface area contributed by atoms with Gasteiger partial charge in [0.1, 0.15) is 0 Å². The summed E-state index contributed by atoms with van der Waals surface area (Å²) in [5.74, 6) is -0.679. The van der Waals surface area contributed by atoms with Gasteiger partial charge in [0.25, 0.3) is 0 Å². The topological polar surface area (TPSA) is 37.3 Å². The molecule has 0 bridgehead atoms. The second-order valence-corrected chi connectivity index (χ2v) is 6.91. The summed E-state index contributed by atoms with van der Waals surface area (Å²) in [6.07, 6.45) is 7.79. The van der Waals surface area contributed by atoms with Crippen LogP contribution < -0.4 is 0 Å². The van der Waals surface area contributed by atoms with E-state index in [-0.39, 0.29) is 0 Å². The zero-order valence-electron chi connectivity index (χ0n) is 13.0. The molecule has 0 aliphatic heterocycles. The fraction of sp³-hybridized carbons (Fsp3) is 0.421. The third-order valence-electron chi connectivity index (χ3n) is 3.78. The van der Waals surface area contributed by atoms with Crippen LogP contribution in [0, 0.1) is 0 Å². The van der Waals surface area contributed by atoms with Gasteiger partial charge in [-0.05, 0) is 49.8 Å². The average molecular weight is 316 g/mol. The van der Waals surface area contributed by atoms with Crippen molar-refractivity contribution in [3.05, 3.63) is 57.8 Å². The molecule has 0 amide bonds. The summed E-state index contributed by atoms with van der Waals surface area (Å²) >= 11 is 1.93. The van der Waals surface area contributed by atoms with E-state index in [4.69, 9.17) is 5.11 Å². The molecule has 0 spiro atoms. The third kappa shape index (κ3) is 6.44. The molecule has 0 radical (unpaired) electrons. The number of aliphatic carboxylic acids is 1. The molecular weight excluding hydrogens is 292 g/mol. The molecule has 0 saturated carbocycles. The molecule has 22 heavy (non-hydrogen) atoms. The molecule has 1 aromatic carbocycles. The van der Waals surface area contributed by atoms with Crippen LogP contribution in [0.4, 0.5) is 0 Å². The van der Waals surface area contributed by atoms with E-state index in [1.807, 2.05) is 11.3 Å². The van der Waals surface area contributed by atoms with Crippen molar-refractivity contribution in [2.24, 2.45) is 0 Å². The molecule has 0 aliphatic rings. The summed E-state index contributed by atoms with van der Waals surface area (Å²) in [4.78, 5) is 13.3. The van der Waals surface area contributed by atoms with Gasteiger partial charge in [0.05, 0.1) is 0 Å². The van der Waals surface area contributed by atoms with Gasteiger partial charge < -0.3 is 5.11 Å². The second kappa shape index (κ2) is 9.42. The number of rotatable bonds is 10. The Morgan fingerprint density at radius 1 is 0.818 bits per heavy atom. The quantitative estimate of drug-likeness (QED) is 0.618. The van der Waals surface area contributed by atoms with Gasteiger partial charge in [-0.1, -0.05) is 43.2 Å². The number of carboxylic acid groups (broad SMARTS) is 1. The Balaban J connectivity index is 1.63. The van der Waals surface area contributed by atoms with E-state index in [0.29, 0.717) is 6.42 Å². The zero-order valence-corrected chi connectivity index (χ0v) is 13.8. The Hall–Kier alpha value is -1.61. The molecule has 0 fully saturated rings. The van der Waals surface area contributed by atoms with E-state index in [2.05, 4.69) is 42.5 Å². The van der Waals surface area contributed by atoms with Gasteiger partial charge in [0.15, 0.2) is 0 Å². The van der Waals surface area contributed by atoms with E-state index in [9.17, 15) is 4.79 Å². The molecule has 2 nitrogen and oxygen atoms in total. The van der Waals surface area contributed by atoms with Crippen LogP contribution in [0.5, 0.6) is 0 Å². The summed E-state index contributed by atoms with van der Waals surface area (Å²) < 4.78 is 0. The number of carbonyl (C=O) groups is 1. The van der Waals surface area contributed by atoms with Gasteiger partial charge in [-0.25, -0.2) is 0 Å². The minimum absolute atomic E-state index is 0.308. The van der Waals surface area contributed by atoms with E-state index < -0.39 is 5.97 Å². The molecule has 0 atom stereocenters. The standard InChI is InChI=1S/C19H24O2S/c20-19(21)11-7-2-1-6-10-17-14-15-18(22-17)13-12-16-8-4-3-5-9-16/h3-5,8-9,14-15H,1-2,6-7,10-13H2,(H,20,21). The van der Waals surface area contributed by atoms with Gasteiger partial charge in [-0.2, -0.15) is 0 Å². The van der Waals surface area contributed by atoms with Crippen LogP contribution >= 0.6 is 11.3 Å². The van der Waals surface area contributed by atoms with Crippen LogP contribution in [0.25, 0.3) is 0 Å². The van der Waals surface area contributed by atoms with Gasteiger partial charge in [0, 0.05) is 16.2 Å². The summed E-state index contributed by atoms with van der Waals surface area (Å²) in [7, 11) is 0. The molecule has 1 N–H and O–H groups in total. The fourth-order valence-corrected chi connectivity index (χ4v) is 3.59. The smallest absolute Gasteiger partial charge is 0.303 e. The molecule has 2 aromatic rings. The number of thiophene rings is 1. The highest BCUT2D eigenvalue weighted by Gasteiger charge is 2.02. The number of unbranched alkanes of at least 4 members (excludes halogenated alkanes) is 3. The maximum absolute atomic E-state index is 10.4. The monoisotopic (exact) mass is 316 g/mol. The molecule has 1 aromatic heterocycles. The molecule has 0 aliphatic carbocycles. The van der Waals surface area contributed by atoms with Crippen LogP contribution in [0.1, 0.15) is 47.4 Å². The maximum Gasteiger partial charge on any atom is 0.303 e.